The van der Waals surface area contributed by atoms with Crippen molar-refractivity contribution in [2.75, 3.05) is 0 Å². The van der Waals surface area contributed by atoms with Crippen LogP contribution in [0, 0.1) is 20.8 Å². The van der Waals surface area contributed by atoms with Gasteiger partial charge in [0.1, 0.15) is 0 Å². The van der Waals surface area contributed by atoms with Gasteiger partial charge in [-0.1, -0.05) is 29.3 Å². The van der Waals surface area contributed by atoms with Gasteiger partial charge in [0.15, 0.2) is 0 Å². The van der Waals surface area contributed by atoms with E-state index in [1.54, 1.807) is 12.4 Å². The summed E-state index contributed by atoms with van der Waals surface area (Å²) in [6.07, 6.45) is 4.17. The second kappa shape index (κ2) is 5.72. The predicted molar refractivity (Wildman–Crippen MR) is 80.5 cm³/mol. The Labute approximate surface area is 119 Å². The van der Waals surface area contributed by atoms with Crippen LogP contribution in [0.2, 0.25) is 5.02 Å². The van der Waals surface area contributed by atoms with E-state index in [9.17, 15) is 0 Å². The van der Waals surface area contributed by atoms with Gasteiger partial charge < -0.3 is 5.73 Å². The highest BCUT2D eigenvalue weighted by atomic mass is 35.5. The molecule has 1 heterocycles. The number of hydrogen-bond donors (Lipinski definition) is 1. The molecule has 1 atom stereocenters. The minimum absolute atomic E-state index is 0.101. The number of aryl methyl sites for hydroxylation is 3. The number of benzene rings is 1. The summed E-state index contributed by atoms with van der Waals surface area (Å²) in [6.45, 7) is 6.38. The second-order valence-corrected chi connectivity index (χ2v) is 5.49. The molecule has 0 saturated carbocycles. The number of hydrogen-bond acceptors (Lipinski definition) is 2. The van der Waals surface area contributed by atoms with Crippen LogP contribution in [0.15, 0.2) is 30.6 Å². The maximum Gasteiger partial charge on any atom is 0.0637 e. The molecular weight excluding hydrogens is 256 g/mol. The minimum Gasteiger partial charge on any atom is -0.324 e. The fourth-order valence-electron chi connectivity index (χ4n) is 2.55. The topological polar surface area (TPSA) is 38.9 Å². The van der Waals surface area contributed by atoms with Gasteiger partial charge in [-0.3, -0.25) is 4.98 Å². The van der Waals surface area contributed by atoms with E-state index in [2.05, 4.69) is 37.9 Å². The van der Waals surface area contributed by atoms with Gasteiger partial charge in [-0.2, -0.15) is 0 Å². The Kier molecular flexibility index (Phi) is 4.23. The van der Waals surface area contributed by atoms with Crippen molar-refractivity contribution in [3.8, 4) is 0 Å². The van der Waals surface area contributed by atoms with Gasteiger partial charge in [0.25, 0.3) is 0 Å². The van der Waals surface area contributed by atoms with Crippen LogP contribution in [-0.2, 0) is 6.42 Å². The van der Waals surface area contributed by atoms with Crippen LogP contribution in [0.1, 0.15) is 33.9 Å². The molecule has 0 amide bonds. The van der Waals surface area contributed by atoms with Crippen molar-refractivity contribution in [3.05, 3.63) is 63.4 Å². The molecular formula is C16H19ClN2. The highest BCUT2D eigenvalue weighted by Crippen LogP contribution is 2.26. The molecule has 0 fully saturated rings. The molecule has 1 aromatic carbocycles. The summed E-state index contributed by atoms with van der Waals surface area (Å²) < 4.78 is 0. The van der Waals surface area contributed by atoms with E-state index in [-0.39, 0.29) is 6.04 Å². The average molecular weight is 275 g/mol. The van der Waals surface area contributed by atoms with Crippen molar-refractivity contribution in [2.24, 2.45) is 5.73 Å². The first-order valence-electron chi connectivity index (χ1n) is 6.40. The first-order chi connectivity index (χ1) is 8.99. The lowest BCUT2D eigenvalue weighted by atomic mass is 9.92. The molecule has 0 spiro atoms. The molecule has 3 heteroatoms. The van der Waals surface area contributed by atoms with Crippen molar-refractivity contribution in [1.82, 2.24) is 4.98 Å². The molecule has 0 radical (unpaired) electrons. The highest BCUT2D eigenvalue weighted by molar-refractivity contribution is 6.31. The Balaban J connectivity index is 2.29. The van der Waals surface area contributed by atoms with E-state index < -0.39 is 0 Å². The number of nitrogens with zero attached hydrogens (tertiary/aromatic N) is 1. The summed E-state index contributed by atoms with van der Waals surface area (Å²) >= 11 is 6.15. The molecule has 0 bridgehead atoms. The number of pyridine rings is 1. The molecule has 2 N–H and O–H groups in total. The quantitative estimate of drug-likeness (QED) is 0.922. The molecule has 0 aliphatic heterocycles. The SMILES string of the molecule is Cc1cc(C)c(CC(N)c2ccncc2Cl)c(C)c1. The molecule has 0 saturated heterocycles. The maximum absolute atomic E-state index is 6.29. The highest BCUT2D eigenvalue weighted by Gasteiger charge is 2.13. The molecule has 2 rings (SSSR count). The van der Waals surface area contributed by atoms with Crippen LogP contribution in [0.3, 0.4) is 0 Å². The summed E-state index contributed by atoms with van der Waals surface area (Å²) in [5, 5.41) is 0.636. The van der Waals surface area contributed by atoms with Crippen molar-refractivity contribution in [3.63, 3.8) is 0 Å². The van der Waals surface area contributed by atoms with Crippen LogP contribution in [-0.4, -0.2) is 4.98 Å². The molecule has 1 unspecified atom stereocenters. The third-order valence-corrected chi connectivity index (χ3v) is 3.78. The molecule has 2 nitrogen and oxygen atoms in total. The van der Waals surface area contributed by atoms with E-state index in [1.807, 2.05) is 6.07 Å². The molecule has 100 valence electrons. The fourth-order valence-corrected chi connectivity index (χ4v) is 2.81. The summed E-state index contributed by atoms with van der Waals surface area (Å²) in [6, 6.07) is 6.19. The first-order valence-corrected chi connectivity index (χ1v) is 6.78. The van der Waals surface area contributed by atoms with Gasteiger partial charge in [0.05, 0.1) is 5.02 Å². The lowest BCUT2D eigenvalue weighted by Crippen LogP contribution is -2.15. The maximum atomic E-state index is 6.29. The fraction of sp³-hybridized carbons (Fsp3) is 0.312. The standard InChI is InChI=1S/C16H19ClN2/c1-10-6-11(2)14(12(3)7-10)8-16(18)13-4-5-19-9-15(13)17/h4-7,9,16H,8,18H2,1-3H3. The molecule has 0 aliphatic carbocycles. The van der Waals surface area contributed by atoms with E-state index >= 15 is 0 Å². The van der Waals surface area contributed by atoms with Crippen LogP contribution >= 0.6 is 11.6 Å². The zero-order chi connectivity index (χ0) is 14.0. The third kappa shape index (κ3) is 3.14. The summed E-state index contributed by atoms with van der Waals surface area (Å²) in [5.41, 5.74) is 12.4. The zero-order valence-electron chi connectivity index (χ0n) is 11.6. The number of halogens is 1. The lowest BCUT2D eigenvalue weighted by molar-refractivity contribution is 0.714. The van der Waals surface area contributed by atoms with E-state index in [4.69, 9.17) is 17.3 Å². The molecule has 19 heavy (non-hydrogen) atoms. The van der Waals surface area contributed by atoms with E-state index in [0.717, 1.165) is 12.0 Å². The van der Waals surface area contributed by atoms with Crippen molar-refractivity contribution >= 4 is 11.6 Å². The monoisotopic (exact) mass is 274 g/mol. The average Bonchev–Trinajstić information content (AvgIpc) is 2.34. The first kappa shape index (κ1) is 14.0. The third-order valence-electron chi connectivity index (χ3n) is 3.47. The number of nitrogens with two attached hydrogens (primary N) is 1. The van der Waals surface area contributed by atoms with Gasteiger partial charge in [0, 0.05) is 18.4 Å². The molecule has 2 aromatic rings. The van der Waals surface area contributed by atoms with Crippen molar-refractivity contribution in [1.29, 1.82) is 0 Å². The Morgan fingerprint density at radius 3 is 2.42 bits per heavy atom. The van der Waals surface area contributed by atoms with Crippen LogP contribution in [0.4, 0.5) is 0 Å². The Morgan fingerprint density at radius 2 is 1.84 bits per heavy atom. The largest absolute Gasteiger partial charge is 0.324 e. The van der Waals surface area contributed by atoms with Gasteiger partial charge in [-0.05, 0) is 55.5 Å². The Hall–Kier alpha value is -1.38. The molecule has 0 aliphatic rings. The van der Waals surface area contributed by atoms with E-state index in [0.29, 0.717) is 5.02 Å². The number of aromatic nitrogens is 1. The van der Waals surface area contributed by atoms with Crippen molar-refractivity contribution < 1.29 is 0 Å². The van der Waals surface area contributed by atoms with Crippen molar-refractivity contribution in [2.45, 2.75) is 33.2 Å². The smallest absolute Gasteiger partial charge is 0.0637 e. The van der Waals surface area contributed by atoms with Crippen LogP contribution in [0.5, 0.6) is 0 Å². The Morgan fingerprint density at radius 1 is 1.21 bits per heavy atom. The van der Waals surface area contributed by atoms with Gasteiger partial charge in [0.2, 0.25) is 0 Å². The van der Waals surface area contributed by atoms with Crippen LogP contribution < -0.4 is 5.73 Å². The Bertz CT molecular complexity index is 570. The van der Waals surface area contributed by atoms with Gasteiger partial charge in [-0.25, -0.2) is 0 Å². The normalized spacial score (nSPS) is 12.5. The predicted octanol–water partition coefficient (Wildman–Crippen LogP) is 3.90. The summed E-state index contributed by atoms with van der Waals surface area (Å²) in [5.74, 6) is 0. The zero-order valence-corrected chi connectivity index (χ0v) is 12.3. The lowest BCUT2D eigenvalue weighted by Gasteiger charge is -2.17. The van der Waals surface area contributed by atoms with Gasteiger partial charge in [-0.15, -0.1) is 0 Å². The van der Waals surface area contributed by atoms with E-state index in [1.165, 1.54) is 22.3 Å². The second-order valence-electron chi connectivity index (χ2n) is 5.09. The summed E-state index contributed by atoms with van der Waals surface area (Å²) in [4.78, 5) is 3.99. The minimum atomic E-state index is -0.101. The molecule has 1 aromatic heterocycles. The number of rotatable bonds is 3. The van der Waals surface area contributed by atoms with Gasteiger partial charge >= 0.3 is 0 Å². The summed E-state index contributed by atoms with van der Waals surface area (Å²) in [7, 11) is 0. The van der Waals surface area contributed by atoms with Crippen LogP contribution in [0.25, 0.3) is 0 Å².